The SMILES string of the molecule is CCOC(=O)c1cccc(N2C(=O)C(Cl)=C(Nc3cccc(C(=O)Nc4ccc(Nc5ccccc5)cc4)c3)C2=O)c1. The van der Waals surface area contributed by atoms with Gasteiger partial charge in [-0.05, 0) is 79.7 Å². The van der Waals surface area contributed by atoms with Crippen molar-refractivity contribution in [2.45, 2.75) is 6.92 Å². The maximum Gasteiger partial charge on any atom is 0.338 e. The molecule has 9 nitrogen and oxygen atoms in total. The normalized spacial score (nSPS) is 12.8. The van der Waals surface area contributed by atoms with Crippen molar-refractivity contribution in [3.05, 3.63) is 125 Å². The Morgan fingerprint density at radius 1 is 0.714 bits per heavy atom. The quantitative estimate of drug-likeness (QED) is 0.157. The summed E-state index contributed by atoms with van der Waals surface area (Å²) in [5.41, 5.74) is 3.32. The smallest absolute Gasteiger partial charge is 0.338 e. The standard InChI is InChI=1S/C32H25ClN4O5/c1-2-42-32(41)21-9-7-13-26(19-21)37-30(39)27(33)28(31(37)40)35-25-12-6-8-20(18-25)29(38)36-24-16-14-23(15-17-24)34-22-10-4-3-5-11-22/h3-19,34-35H,2H2,1H3,(H,36,38). The molecule has 4 aromatic carbocycles. The monoisotopic (exact) mass is 580 g/mol. The van der Waals surface area contributed by atoms with Crippen LogP contribution in [-0.4, -0.2) is 30.3 Å². The van der Waals surface area contributed by atoms with Crippen molar-refractivity contribution in [3.8, 4) is 0 Å². The zero-order valence-electron chi connectivity index (χ0n) is 22.4. The predicted molar refractivity (Wildman–Crippen MR) is 162 cm³/mol. The number of nitrogens with zero attached hydrogens (tertiary/aromatic N) is 1. The van der Waals surface area contributed by atoms with Crippen LogP contribution in [0.25, 0.3) is 0 Å². The number of esters is 1. The molecule has 5 rings (SSSR count). The number of carbonyl (C=O) groups is 4. The van der Waals surface area contributed by atoms with Crippen LogP contribution in [0.3, 0.4) is 0 Å². The summed E-state index contributed by atoms with van der Waals surface area (Å²) < 4.78 is 5.00. The number of hydrogen-bond donors (Lipinski definition) is 3. The molecule has 0 saturated carbocycles. The van der Waals surface area contributed by atoms with Crippen LogP contribution in [0.15, 0.2) is 114 Å². The van der Waals surface area contributed by atoms with Gasteiger partial charge in [-0.15, -0.1) is 0 Å². The van der Waals surface area contributed by atoms with Gasteiger partial charge in [0.1, 0.15) is 10.7 Å². The third-order valence-corrected chi connectivity index (χ3v) is 6.59. The van der Waals surface area contributed by atoms with E-state index in [-0.39, 0.29) is 34.5 Å². The second-order valence-corrected chi connectivity index (χ2v) is 9.51. The molecular formula is C32H25ClN4O5. The highest BCUT2D eigenvalue weighted by Crippen LogP contribution is 2.31. The fraction of sp³-hybridized carbons (Fsp3) is 0.0625. The van der Waals surface area contributed by atoms with E-state index < -0.39 is 17.8 Å². The highest BCUT2D eigenvalue weighted by Gasteiger charge is 2.39. The van der Waals surface area contributed by atoms with Crippen LogP contribution < -0.4 is 20.9 Å². The number of imide groups is 1. The Morgan fingerprint density at radius 2 is 1.36 bits per heavy atom. The number of nitrogens with one attached hydrogen (secondary N) is 3. The van der Waals surface area contributed by atoms with Gasteiger partial charge in [-0.25, -0.2) is 9.69 Å². The number of ether oxygens (including phenoxy) is 1. The lowest BCUT2D eigenvalue weighted by atomic mass is 10.1. The summed E-state index contributed by atoms with van der Waals surface area (Å²) >= 11 is 6.27. The predicted octanol–water partition coefficient (Wildman–Crippen LogP) is 6.29. The van der Waals surface area contributed by atoms with E-state index in [4.69, 9.17) is 16.3 Å². The number of anilines is 5. The molecular weight excluding hydrogens is 556 g/mol. The van der Waals surface area contributed by atoms with Crippen molar-refractivity contribution >= 4 is 63.7 Å². The molecule has 3 N–H and O–H groups in total. The van der Waals surface area contributed by atoms with E-state index in [1.807, 2.05) is 42.5 Å². The molecule has 0 saturated heterocycles. The zero-order valence-corrected chi connectivity index (χ0v) is 23.1. The van der Waals surface area contributed by atoms with Gasteiger partial charge in [-0.3, -0.25) is 14.4 Å². The molecule has 0 unspecified atom stereocenters. The van der Waals surface area contributed by atoms with E-state index in [9.17, 15) is 19.2 Å². The van der Waals surface area contributed by atoms with Crippen LogP contribution in [0.2, 0.25) is 0 Å². The van der Waals surface area contributed by atoms with Crippen LogP contribution in [0.1, 0.15) is 27.6 Å². The van der Waals surface area contributed by atoms with Crippen molar-refractivity contribution in [2.75, 3.05) is 27.5 Å². The average Bonchev–Trinajstić information content (AvgIpc) is 3.21. The number of halogens is 1. The van der Waals surface area contributed by atoms with Crippen LogP contribution >= 0.6 is 11.6 Å². The average molecular weight is 581 g/mol. The summed E-state index contributed by atoms with van der Waals surface area (Å²) in [4.78, 5) is 52.1. The maximum atomic E-state index is 13.2. The van der Waals surface area contributed by atoms with Gasteiger partial charge in [-0.2, -0.15) is 0 Å². The summed E-state index contributed by atoms with van der Waals surface area (Å²) in [5.74, 6) is -2.39. The molecule has 0 radical (unpaired) electrons. The highest BCUT2D eigenvalue weighted by atomic mass is 35.5. The molecule has 10 heteroatoms. The summed E-state index contributed by atoms with van der Waals surface area (Å²) in [6.45, 7) is 1.86. The van der Waals surface area contributed by atoms with Gasteiger partial charge in [0.2, 0.25) is 0 Å². The summed E-state index contributed by atoms with van der Waals surface area (Å²) in [6, 6.07) is 29.4. The number of rotatable bonds is 9. The van der Waals surface area contributed by atoms with Gasteiger partial charge >= 0.3 is 5.97 Å². The van der Waals surface area contributed by atoms with Gasteiger partial charge in [0.25, 0.3) is 17.7 Å². The van der Waals surface area contributed by atoms with Gasteiger partial charge in [0.05, 0.1) is 17.9 Å². The molecule has 0 atom stereocenters. The Hall–Kier alpha value is -5.41. The Morgan fingerprint density at radius 3 is 2.10 bits per heavy atom. The number of hydrogen-bond acceptors (Lipinski definition) is 7. The molecule has 0 fully saturated rings. The molecule has 0 spiro atoms. The molecule has 4 aromatic rings. The lowest BCUT2D eigenvalue weighted by Gasteiger charge is -2.16. The summed E-state index contributed by atoms with van der Waals surface area (Å²) in [5, 5.41) is 8.68. The van der Waals surface area contributed by atoms with Crippen molar-refractivity contribution in [1.29, 1.82) is 0 Å². The van der Waals surface area contributed by atoms with Crippen LogP contribution in [0, 0.1) is 0 Å². The highest BCUT2D eigenvalue weighted by molar-refractivity contribution is 6.53. The van der Waals surface area contributed by atoms with Crippen LogP contribution in [-0.2, 0) is 14.3 Å². The molecule has 1 heterocycles. The number of benzene rings is 4. The van der Waals surface area contributed by atoms with Crippen molar-refractivity contribution in [1.82, 2.24) is 0 Å². The lowest BCUT2D eigenvalue weighted by Crippen LogP contribution is -2.32. The summed E-state index contributed by atoms with van der Waals surface area (Å²) in [7, 11) is 0. The molecule has 0 bridgehead atoms. The van der Waals surface area contributed by atoms with Gasteiger partial charge < -0.3 is 20.7 Å². The molecule has 42 heavy (non-hydrogen) atoms. The van der Waals surface area contributed by atoms with E-state index in [0.29, 0.717) is 16.9 Å². The summed E-state index contributed by atoms with van der Waals surface area (Å²) in [6.07, 6.45) is 0. The van der Waals surface area contributed by atoms with Crippen molar-refractivity contribution < 1.29 is 23.9 Å². The molecule has 1 aliphatic rings. The minimum Gasteiger partial charge on any atom is -0.462 e. The van der Waals surface area contributed by atoms with Crippen LogP contribution in [0.4, 0.5) is 28.4 Å². The Balaban J connectivity index is 1.27. The molecule has 210 valence electrons. The second-order valence-electron chi connectivity index (χ2n) is 9.13. The van der Waals surface area contributed by atoms with E-state index in [0.717, 1.165) is 16.3 Å². The van der Waals surface area contributed by atoms with Crippen molar-refractivity contribution in [2.24, 2.45) is 0 Å². The number of carbonyl (C=O) groups excluding carboxylic acids is 4. The third kappa shape index (κ3) is 6.16. The molecule has 0 aliphatic carbocycles. The van der Waals surface area contributed by atoms with E-state index in [1.54, 1.807) is 43.3 Å². The minimum atomic E-state index is -0.746. The number of amides is 3. The first-order chi connectivity index (χ1) is 20.3. The zero-order chi connectivity index (χ0) is 29.6. The van der Waals surface area contributed by atoms with Gasteiger partial charge in [0, 0.05) is 28.3 Å². The maximum absolute atomic E-state index is 13.2. The Labute approximate surface area is 246 Å². The molecule has 0 aromatic heterocycles. The van der Waals surface area contributed by atoms with E-state index in [2.05, 4.69) is 16.0 Å². The minimum absolute atomic E-state index is 0.151. The fourth-order valence-electron chi connectivity index (χ4n) is 4.24. The van der Waals surface area contributed by atoms with Crippen molar-refractivity contribution in [3.63, 3.8) is 0 Å². The molecule has 1 aliphatic heterocycles. The van der Waals surface area contributed by atoms with E-state index in [1.165, 1.54) is 24.3 Å². The second kappa shape index (κ2) is 12.4. The van der Waals surface area contributed by atoms with Gasteiger partial charge in [0.15, 0.2) is 0 Å². The molecule has 3 amide bonds. The van der Waals surface area contributed by atoms with Gasteiger partial charge in [-0.1, -0.05) is 41.9 Å². The first-order valence-electron chi connectivity index (χ1n) is 13.0. The largest absolute Gasteiger partial charge is 0.462 e. The fourth-order valence-corrected chi connectivity index (χ4v) is 4.46. The van der Waals surface area contributed by atoms with E-state index >= 15 is 0 Å². The Kier molecular flexibility index (Phi) is 8.31. The topological polar surface area (TPSA) is 117 Å². The third-order valence-electron chi connectivity index (χ3n) is 6.24. The first-order valence-corrected chi connectivity index (χ1v) is 13.4. The first kappa shape index (κ1) is 28.1. The number of para-hydroxylation sites is 1. The Bertz CT molecular complexity index is 1700. The lowest BCUT2D eigenvalue weighted by molar-refractivity contribution is -0.120. The van der Waals surface area contributed by atoms with Crippen LogP contribution in [0.5, 0.6) is 0 Å².